The van der Waals surface area contributed by atoms with E-state index in [0.717, 1.165) is 16.8 Å². The van der Waals surface area contributed by atoms with Crippen molar-refractivity contribution >= 4 is 23.3 Å². The van der Waals surface area contributed by atoms with E-state index in [4.69, 9.17) is 0 Å². The molecule has 1 unspecified atom stereocenters. The smallest absolute Gasteiger partial charge is 0.319 e. The third-order valence-electron chi connectivity index (χ3n) is 4.33. The third-order valence-corrected chi connectivity index (χ3v) is 4.33. The highest BCUT2D eigenvalue weighted by Gasteiger charge is 2.17. The van der Waals surface area contributed by atoms with E-state index in [1.54, 1.807) is 19.1 Å². The van der Waals surface area contributed by atoms with Crippen LogP contribution < -0.4 is 16.0 Å². The van der Waals surface area contributed by atoms with Gasteiger partial charge in [0.1, 0.15) is 5.82 Å². The summed E-state index contributed by atoms with van der Waals surface area (Å²) in [6.45, 7) is 3.59. The predicted molar refractivity (Wildman–Crippen MR) is 95.1 cm³/mol. The lowest BCUT2D eigenvalue weighted by Crippen LogP contribution is -2.32. The summed E-state index contributed by atoms with van der Waals surface area (Å²) < 4.78 is 13.8. The number of anilines is 2. The average Bonchev–Trinajstić information content (AvgIpc) is 2.57. The number of halogens is 1. The summed E-state index contributed by atoms with van der Waals surface area (Å²) in [5.41, 5.74) is 3.64. The standard InChI is InChI=1S/C19H20FN3O2/c1-11-4-3-5-15(20)18(11)23-19(25)21-12(2)13-6-8-16-14(10-13)7-9-17(24)22-16/h3-6,8,10,12H,7,9H2,1-2H3,(H,22,24)(H2,21,23,25). The first-order valence-electron chi connectivity index (χ1n) is 8.19. The molecule has 130 valence electrons. The second-order valence-corrected chi connectivity index (χ2v) is 6.22. The molecular formula is C19H20FN3O2. The molecule has 0 fully saturated rings. The number of para-hydroxylation sites is 1. The number of carbonyl (C=O) groups excluding carboxylic acids is 2. The van der Waals surface area contributed by atoms with Crippen LogP contribution in [-0.2, 0) is 11.2 Å². The lowest BCUT2D eigenvalue weighted by atomic mass is 9.98. The Bertz CT molecular complexity index is 815. The first-order chi connectivity index (χ1) is 11.9. The maximum atomic E-state index is 13.8. The van der Waals surface area contributed by atoms with E-state index in [9.17, 15) is 14.0 Å². The first kappa shape index (κ1) is 17.0. The van der Waals surface area contributed by atoms with Crippen molar-refractivity contribution in [2.24, 2.45) is 0 Å². The molecule has 6 heteroatoms. The summed E-state index contributed by atoms with van der Waals surface area (Å²) >= 11 is 0. The van der Waals surface area contributed by atoms with Crippen molar-refractivity contribution in [3.8, 4) is 0 Å². The topological polar surface area (TPSA) is 70.2 Å². The first-order valence-corrected chi connectivity index (χ1v) is 8.19. The van der Waals surface area contributed by atoms with Crippen LogP contribution in [0.4, 0.5) is 20.6 Å². The molecule has 3 rings (SSSR count). The molecule has 3 N–H and O–H groups in total. The van der Waals surface area contributed by atoms with E-state index >= 15 is 0 Å². The van der Waals surface area contributed by atoms with Crippen molar-refractivity contribution in [3.63, 3.8) is 0 Å². The molecule has 0 aliphatic carbocycles. The van der Waals surface area contributed by atoms with Crippen molar-refractivity contribution in [2.45, 2.75) is 32.7 Å². The maximum Gasteiger partial charge on any atom is 0.319 e. The second kappa shape index (κ2) is 6.93. The fraction of sp³-hybridized carbons (Fsp3) is 0.263. The molecule has 25 heavy (non-hydrogen) atoms. The molecule has 0 saturated heterocycles. The van der Waals surface area contributed by atoms with Crippen molar-refractivity contribution in [3.05, 3.63) is 58.9 Å². The predicted octanol–water partition coefficient (Wildman–Crippen LogP) is 3.90. The molecule has 2 aromatic carbocycles. The summed E-state index contributed by atoms with van der Waals surface area (Å²) in [4.78, 5) is 23.6. The van der Waals surface area contributed by atoms with Crippen molar-refractivity contribution < 1.29 is 14.0 Å². The zero-order valence-electron chi connectivity index (χ0n) is 14.2. The van der Waals surface area contributed by atoms with Gasteiger partial charge in [0.15, 0.2) is 0 Å². The Labute approximate surface area is 145 Å². The molecule has 1 aliphatic heterocycles. The molecule has 1 atom stereocenters. The van der Waals surface area contributed by atoms with Gasteiger partial charge in [0.25, 0.3) is 0 Å². The number of rotatable bonds is 3. The summed E-state index contributed by atoms with van der Waals surface area (Å²) in [5.74, 6) is -0.446. The van der Waals surface area contributed by atoms with Gasteiger partial charge < -0.3 is 16.0 Å². The van der Waals surface area contributed by atoms with E-state index in [1.165, 1.54) is 6.07 Å². The second-order valence-electron chi connectivity index (χ2n) is 6.22. The Morgan fingerprint density at radius 1 is 1.24 bits per heavy atom. The van der Waals surface area contributed by atoms with Gasteiger partial charge in [-0.05, 0) is 49.1 Å². The van der Waals surface area contributed by atoms with Crippen LogP contribution in [0.3, 0.4) is 0 Å². The van der Waals surface area contributed by atoms with Crippen LogP contribution in [0.2, 0.25) is 0 Å². The Kier molecular flexibility index (Phi) is 4.70. The van der Waals surface area contributed by atoms with Gasteiger partial charge in [-0.25, -0.2) is 9.18 Å². The van der Waals surface area contributed by atoms with Crippen molar-refractivity contribution in [1.82, 2.24) is 5.32 Å². The fourth-order valence-corrected chi connectivity index (χ4v) is 2.89. The van der Waals surface area contributed by atoms with Gasteiger partial charge in [-0.15, -0.1) is 0 Å². The Balaban J connectivity index is 1.69. The molecular weight excluding hydrogens is 321 g/mol. The number of hydrogen-bond acceptors (Lipinski definition) is 2. The molecule has 3 amide bonds. The number of urea groups is 1. The van der Waals surface area contributed by atoms with Crippen LogP contribution in [0.1, 0.15) is 36.1 Å². The Hall–Kier alpha value is -2.89. The molecule has 1 heterocycles. The van der Waals surface area contributed by atoms with Gasteiger partial charge in [-0.2, -0.15) is 0 Å². The van der Waals surface area contributed by atoms with Gasteiger partial charge in [-0.3, -0.25) is 4.79 Å². The normalized spacial score (nSPS) is 14.3. The monoisotopic (exact) mass is 341 g/mol. The highest BCUT2D eigenvalue weighted by Crippen LogP contribution is 2.26. The quantitative estimate of drug-likeness (QED) is 0.792. The number of nitrogens with one attached hydrogen (secondary N) is 3. The summed E-state index contributed by atoms with van der Waals surface area (Å²) in [5, 5.41) is 8.21. The van der Waals surface area contributed by atoms with Gasteiger partial charge >= 0.3 is 6.03 Å². The number of fused-ring (bicyclic) bond motifs is 1. The minimum atomic E-state index is -0.466. The number of amides is 3. The van der Waals surface area contributed by atoms with Gasteiger partial charge in [-0.1, -0.05) is 24.3 Å². The van der Waals surface area contributed by atoms with Crippen molar-refractivity contribution in [2.75, 3.05) is 10.6 Å². The van der Waals surface area contributed by atoms with Gasteiger partial charge in [0.2, 0.25) is 5.91 Å². The molecule has 0 bridgehead atoms. The van der Waals surface area contributed by atoms with E-state index < -0.39 is 11.8 Å². The fourth-order valence-electron chi connectivity index (χ4n) is 2.89. The molecule has 0 radical (unpaired) electrons. The van der Waals surface area contributed by atoms with Crippen LogP contribution in [-0.4, -0.2) is 11.9 Å². The largest absolute Gasteiger partial charge is 0.331 e. The number of aryl methyl sites for hydroxylation is 2. The SMILES string of the molecule is Cc1cccc(F)c1NC(=O)NC(C)c1ccc2c(c1)CCC(=O)N2. The van der Waals surface area contributed by atoms with Crippen LogP contribution in [0.25, 0.3) is 0 Å². The van der Waals surface area contributed by atoms with Crippen LogP contribution in [0.5, 0.6) is 0 Å². The minimum absolute atomic E-state index is 0.0195. The summed E-state index contributed by atoms with van der Waals surface area (Å²) in [7, 11) is 0. The van der Waals surface area contributed by atoms with E-state index in [2.05, 4.69) is 16.0 Å². The van der Waals surface area contributed by atoms with E-state index in [1.807, 2.05) is 25.1 Å². The van der Waals surface area contributed by atoms with Crippen molar-refractivity contribution in [1.29, 1.82) is 0 Å². The summed E-state index contributed by atoms with van der Waals surface area (Å²) in [6.07, 6.45) is 1.15. The highest BCUT2D eigenvalue weighted by molar-refractivity contribution is 5.94. The average molecular weight is 341 g/mol. The number of carbonyl (C=O) groups is 2. The van der Waals surface area contributed by atoms with Crippen LogP contribution >= 0.6 is 0 Å². The molecule has 2 aromatic rings. The van der Waals surface area contributed by atoms with E-state index in [0.29, 0.717) is 18.4 Å². The molecule has 0 saturated carbocycles. The molecule has 1 aliphatic rings. The maximum absolute atomic E-state index is 13.8. The van der Waals surface area contributed by atoms with Crippen LogP contribution in [0.15, 0.2) is 36.4 Å². The zero-order valence-corrected chi connectivity index (χ0v) is 14.2. The molecule has 0 spiro atoms. The van der Waals surface area contributed by atoms with Gasteiger partial charge in [0.05, 0.1) is 11.7 Å². The summed E-state index contributed by atoms with van der Waals surface area (Å²) in [6, 6.07) is 9.62. The molecule has 5 nitrogen and oxygen atoms in total. The minimum Gasteiger partial charge on any atom is -0.331 e. The highest BCUT2D eigenvalue weighted by atomic mass is 19.1. The van der Waals surface area contributed by atoms with Crippen LogP contribution in [0, 0.1) is 12.7 Å². The number of benzene rings is 2. The zero-order chi connectivity index (χ0) is 18.0. The molecule has 0 aromatic heterocycles. The lowest BCUT2D eigenvalue weighted by molar-refractivity contribution is -0.116. The third kappa shape index (κ3) is 3.79. The Morgan fingerprint density at radius 3 is 2.80 bits per heavy atom. The number of hydrogen-bond donors (Lipinski definition) is 3. The Morgan fingerprint density at radius 2 is 2.04 bits per heavy atom. The van der Waals surface area contributed by atoms with Gasteiger partial charge in [0, 0.05) is 12.1 Å². The lowest BCUT2D eigenvalue weighted by Gasteiger charge is -2.21. The van der Waals surface area contributed by atoms with E-state index in [-0.39, 0.29) is 17.6 Å².